The Labute approximate surface area is 76.5 Å². The van der Waals surface area contributed by atoms with Gasteiger partial charge in [0.2, 0.25) is 0 Å². The van der Waals surface area contributed by atoms with Crippen LogP contribution in [0, 0.1) is 11.3 Å². The molecule has 0 bridgehead atoms. The molecule has 0 aromatic heterocycles. The Morgan fingerprint density at radius 2 is 1.85 bits per heavy atom. The third kappa shape index (κ3) is 2.08. The lowest BCUT2D eigenvalue weighted by Gasteiger charge is -2.12. The molecule has 0 aliphatic heterocycles. The molecule has 0 amide bonds. The predicted molar refractivity (Wildman–Crippen MR) is 44.8 cm³/mol. The van der Waals surface area contributed by atoms with Gasteiger partial charge >= 0.3 is 0 Å². The number of ether oxygens (including phenoxy) is 2. The van der Waals surface area contributed by atoms with Crippen LogP contribution in [0.25, 0.3) is 0 Å². The molecule has 1 rings (SSSR count). The van der Waals surface area contributed by atoms with Gasteiger partial charge in [-0.25, -0.2) is 0 Å². The van der Waals surface area contributed by atoms with Crippen molar-refractivity contribution in [3.63, 3.8) is 0 Å². The first-order valence-corrected chi connectivity index (χ1v) is 4.02. The smallest absolute Gasteiger partial charge is 0.293 e. The van der Waals surface area contributed by atoms with Crippen LogP contribution in [0.2, 0.25) is 0 Å². The van der Waals surface area contributed by atoms with Crippen LogP contribution < -0.4 is 0 Å². The Bertz CT molecular complexity index is 200. The van der Waals surface area contributed by atoms with E-state index in [-0.39, 0.29) is 11.3 Å². The summed E-state index contributed by atoms with van der Waals surface area (Å²) in [5.41, 5.74) is -0.205. The highest BCUT2D eigenvalue weighted by atomic mass is 16.5. The largest absolute Gasteiger partial charge is 0.467 e. The summed E-state index contributed by atoms with van der Waals surface area (Å²) >= 11 is 0. The summed E-state index contributed by atoms with van der Waals surface area (Å²) in [5, 5.41) is 0. The summed E-state index contributed by atoms with van der Waals surface area (Å²) in [6.07, 6.45) is 2.65. The van der Waals surface area contributed by atoms with E-state index >= 15 is 0 Å². The zero-order valence-corrected chi connectivity index (χ0v) is 7.27. The van der Waals surface area contributed by atoms with E-state index < -0.39 is 0 Å². The van der Waals surface area contributed by atoms with Gasteiger partial charge < -0.3 is 9.47 Å². The molecule has 1 fully saturated rings. The van der Waals surface area contributed by atoms with Crippen molar-refractivity contribution in [3.8, 4) is 0 Å². The van der Waals surface area contributed by atoms with Crippen molar-refractivity contribution in [2.75, 3.05) is 13.2 Å². The van der Waals surface area contributed by atoms with E-state index in [0.717, 1.165) is 6.42 Å². The molecule has 4 nitrogen and oxygen atoms in total. The van der Waals surface area contributed by atoms with E-state index in [4.69, 9.17) is 0 Å². The Kier molecular flexibility index (Phi) is 3.06. The Morgan fingerprint density at radius 1 is 1.31 bits per heavy atom. The lowest BCUT2D eigenvalue weighted by atomic mass is 10.1. The maximum absolute atomic E-state index is 9.99. The average Bonchev–Trinajstić information content (AvgIpc) is 2.86. The number of carbonyl (C=O) groups excluding carboxylic acids is 2. The summed E-state index contributed by atoms with van der Waals surface area (Å²) in [7, 11) is 0. The summed E-state index contributed by atoms with van der Waals surface area (Å²) in [5.74, 6) is 0.285. The second-order valence-electron chi connectivity index (χ2n) is 3.22. The standard InChI is InChI=1S/C9H12O4/c1-2-8-3-9(8,4-12-6-10)5-13-7-11/h2,6-8H,1,3-5H2/t8-/m0/s1. The number of hydrogen-bond acceptors (Lipinski definition) is 4. The van der Waals surface area contributed by atoms with Crippen LogP contribution >= 0.6 is 0 Å². The normalized spacial score (nSPS) is 22.9. The van der Waals surface area contributed by atoms with Gasteiger partial charge in [-0.1, -0.05) is 6.08 Å². The van der Waals surface area contributed by atoms with Crippen molar-refractivity contribution < 1.29 is 19.1 Å². The summed E-state index contributed by atoms with van der Waals surface area (Å²) in [6, 6.07) is 0. The molecule has 0 N–H and O–H groups in total. The van der Waals surface area contributed by atoms with Crippen molar-refractivity contribution in [2.24, 2.45) is 11.3 Å². The first-order valence-electron chi connectivity index (χ1n) is 4.02. The second kappa shape index (κ2) is 4.07. The molecule has 0 unspecified atom stereocenters. The van der Waals surface area contributed by atoms with Gasteiger partial charge in [0.15, 0.2) is 0 Å². The van der Waals surface area contributed by atoms with Crippen LogP contribution in [0.4, 0.5) is 0 Å². The van der Waals surface area contributed by atoms with Gasteiger partial charge in [0.25, 0.3) is 12.9 Å². The van der Waals surface area contributed by atoms with E-state index in [9.17, 15) is 9.59 Å². The highest BCUT2D eigenvalue weighted by Gasteiger charge is 2.53. The fourth-order valence-electron chi connectivity index (χ4n) is 1.49. The minimum absolute atomic E-state index is 0.205. The molecule has 0 saturated heterocycles. The molecular formula is C9H12O4. The fourth-order valence-corrected chi connectivity index (χ4v) is 1.49. The van der Waals surface area contributed by atoms with Gasteiger partial charge in [-0.2, -0.15) is 0 Å². The highest BCUT2D eigenvalue weighted by molar-refractivity contribution is 5.38. The minimum atomic E-state index is -0.205. The molecule has 72 valence electrons. The molecule has 0 aromatic rings. The Morgan fingerprint density at radius 3 is 2.15 bits per heavy atom. The molecule has 1 atom stereocenters. The molecule has 0 heterocycles. The third-order valence-electron chi connectivity index (χ3n) is 2.42. The number of allylic oxidation sites excluding steroid dienone is 1. The molecule has 0 radical (unpaired) electrons. The SMILES string of the molecule is C=C[C@H]1CC1(COC=O)COC=O. The zero-order valence-electron chi connectivity index (χ0n) is 7.27. The molecule has 1 aliphatic carbocycles. The van der Waals surface area contributed by atoms with Crippen molar-refractivity contribution in [3.05, 3.63) is 12.7 Å². The Balaban J connectivity index is 2.41. The van der Waals surface area contributed by atoms with Crippen LogP contribution in [0.5, 0.6) is 0 Å². The topological polar surface area (TPSA) is 52.6 Å². The van der Waals surface area contributed by atoms with E-state index in [1.54, 1.807) is 6.08 Å². The monoisotopic (exact) mass is 184 g/mol. The Hall–Kier alpha value is -1.32. The molecule has 1 aliphatic rings. The molecule has 4 heteroatoms. The highest BCUT2D eigenvalue weighted by Crippen LogP contribution is 2.53. The average molecular weight is 184 g/mol. The molecule has 0 spiro atoms. The van der Waals surface area contributed by atoms with E-state index in [0.29, 0.717) is 26.2 Å². The lowest BCUT2D eigenvalue weighted by Crippen LogP contribution is -2.19. The summed E-state index contributed by atoms with van der Waals surface area (Å²) in [4.78, 5) is 20.0. The minimum Gasteiger partial charge on any atom is -0.467 e. The van der Waals surface area contributed by atoms with Gasteiger partial charge in [0, 0.05) is 5.41 Å². The second-order valence-corrected chi connectivity index (χ2v) is 3.22. The van der Waals surface area contributed by atoms with E-state index in [1.165, 1.54) is 0 Å². The van der Waals surface area contributed by atoms with Crippen LogP contribution in [-0.4, -0.2) is 26.2 Å². The van der Waals surface area contributed by atoms with Gasteiger partial charge in [0.1, 0.15) is 13.2 Å². The van der Waals surface area contributed by atoms with Gasteiger partial charge in [0.05, 0.1) is 0 Å². The first kappa shape index (κ1) is 9.77. The van der Waals surface area contributed by atoms with Crippen molar-refractivity contribution in [2.45, 2.75) is 6.42 Å². The van der Waals surface area contributed by atoms with Crippen LogP contribution in [0.15, 0.2) is 12.7 Å². The number of carbonyl (C=O) groups is 2. The van der Waals surface area contributed by atoms with Crippen molar-refractivity contribution in [1.29, 1.82) is 0 Å². The molecule has 0 aromatic carbocycles. The van der Waals surface area contributed by atoms with Crippen LogP contribution in [0.1, 0.15) is 6.42 Å². The van der Waals surface area contributed by atoms with Crippen LogP contribution in [-0.2, 0) is 19.1 Å². The maximum atomic E-state index is 9.99. The lowest BCUT2D eigenvalue weighted by molar-refractivity contribution is -0.134. The molecule has 13 heavy (non-hydrogen) atoms. The van der Waals surface area contributed by atoms with Gasteiger partial charge in [-0.05, 0) is 12.3 Å². The third-order valence-corrected chi connectivity index (χ3v) is 2.42. The fraction of sp³-hybridized carbons (Fsp3) is 0.556. The van der Waals surface area contributed by atoms with Gasteiger partial charge in [-0.15, -0.1) is 6.58 Å². The van der Waals surface area contributed by atoms with Crippen molar-refractivity contribution >= 4 is 12.9 Å². The maximum Gasteiger partial charge on any atom is 0.293 e. The van der Waals surface area contributed by atoms with E-state index in [1.807, 2.05) is 0 Å². The summed E-state index contributed by atoms with van der Waals surface area (Å²) in [6.45, 7) is 5.04. The van der Waals surface area contributed by atoms with Gasteiger partial charge in [-0.3, -0.25) is 9.59 Å². The van der Waals surface area contributed by atoms with E-state index in [2.05, 4.69) is 16.1 Å². The van der Waals surface area contributed by atoms with Crippen molar-refractivity contribution in [1.82, 2.24) is 0 Å². The predicted octanol–water partition coefficient (Wildman–Crippen LogP) is 0.525. The number of rotatable bonds is 7. The quantitative estimate of drug-likeness (QED) is 0.427. The number of hydrogen-bond donors (Lipinski definition) is 0. The first-order chi connectivity index (χ1) is 6.29. The zero-order chi connectivity index (χ0) is 9.73. The molecular weight excluding hydrogens is 172 g/mol. The summed E-state index contributed by atoms with van der Waals surface area (Å²) < 4.78 is 9.33. The molecule has 1 saturated carbocycles. The van der Waals surface area contributed by atoms with Crippen LogP contribution in [0.3, 0.4) is 0 Å².